The monoisotopic (exact) mass is 374 g/mol. The molecule has 0 saturated heterocycles. The van der Waals surface area contributed by atoms with Gasteiger partial charge >= 0.3 is 0 Å². The van der Waals surface area contributed by atoms with Crippen LogP contribution < -0.4 is 5.43 Å². The van der Waals surface area contributed by atoms with E-state index in [1.54, 1.807) is 18.2 Å². The van der Waals surface area contributed by atoms with Crippen LogP contribution in [0, 0.1) is 0 Å². The number of pyridine rings is 1. The number of nitrogens with zero attached hydrogens (tertiary/aromatic N) is 1. The van der Waals surface area contributed by atoms with Crippen molar-refractivity contribution in [2.45, 2.75) is 0 Å². The van der Waals surface area contributed by atoms with Gasteiger partial charge in [0, 0.05) is 33.3 Å². The Morgan fingerprint density at radius 1 is 0.963 bits per heavy atom. The van der Waals surface area contributed by atoms with Crippen molar-refractivity contribution in [3.05, 3.63) is 93.6 Å². The maximum Gasteiger partial charge on any atom is 0.215 e. The van der Waals surface area contributed by atoms with Gasteiger partial charge in [-0.2, -0.15) is 0 Å². The first kappa shape index (κ1) is 17.1. The fraction of sp³-hybridized carbons (Fsp3) is 0. The highest BCUT2D eigenvalue weighted by atomic mass is 35.5. The molecule has 4 nitrogen and oxygen atoms in total. The number of aromatic nitrogens is 1. The predicted octanol–water partition coefficient (Wildman–Crippen LogP) is 5.30. The minimum Gasteiger partial charge on any atom is -0.507 e. The normalized spacial score (nSPS) is 11.3. The van der Waals surface area contributed by atoms with Crippen molar-refractivity contribution in [1.82, 2.24) is 4.98 Å². The van der Waals surface area contributed by atoms with Gasteiger partial charge in [0.2, 0.25) is 5.43 Å². The van der Waals surface area contributed by atoms with E-state index in [1.165, 1.54) is 12.3 Å². The molecule has 2 N–H and O–H groups in total. The van der Waals surface area contributed by atoms with E-state index in [2.05, 4.69) is 9.98 Å². The van der Waals surface area contributed by atoms with Gasteiger partial charge in [-0.25, -0.2) is 4.99 Å². The van der Waals surface area contributed by atoms with Gasteiger partial charge in [-0.1, -0.05) is 54.1 Å². The lowest BCUT2D eigenvalue weighted by atomic mass is 10.1. The molecular formula is C22H15ClN2O2. The molecule has 5 heteroatoms. The van der Waals surface area contributed by atoms with E-state index < -0.39 is 0 Å². The number of fused-ring (bicyclic) bond motifs is 1. The SMILES string of the molecule is O=c1c(N=Cc2cc(Cl)ccc2O)c(-c2ccccc2)[nH]c2ccccc12. The Balaban J connectivity index is 1.95. The lowest BCUT2D eigenvalue weighted by Gasteiger charge is -2.09. The molecule has 0 spiro atoms. The minimum atomic E-state index is -0.180. The van der Waals surface area contributed by atoms with Crippen LogP contribution in [-0.2, 0) is 0 Å². The van der Waals surface area contributed by atoms with E-state index in [9.17, 15) is 9.90 Å². The van der Waals surface area contributed by atoms with E-state index in [4.69, 9.17) is 11.6 Å². The molecule has 0 bridgehead atoms. The number of benzene rings is 3. The molecule has 132 valence electrons. The number of aromatic hydroxyl groups is 1. The maximum atomic E-state index is 13.1. The zero-order chi connectivity index (χ0) is 18.8. The highest BCUT2D eigenvalue weighted by Gasteiger charge is 2.13. The molecule has 3 aromatic carbocycles. The van der Waals surface area contributed by atoms with Gasteiger partial charge in [0.1, 0.15) is 11.4 Å². The summed E-state index contributed by atoms with van der Waals surface area (Å²) in [4.78, 5) is 20.8. The molecule has 0 atom stereocenters. The Hall–Kier alpha value is -3.37. The van der Waals surface area contributed by atoms with Gasteiger partial charge in [0.15, 0.2) is 0 Å². The number of H-pyrrole nitrogens is 1. The van der Waals surface area contributed by atoms with Crippen LogP contribution in [0.3, 0.4) is 0 Å². The number of aliphatic imine (C=N–C) groups is 1. The number of hydrogen-bond donors (Lipinski definition) is 2. The molecule has 0 aliphatic heterocycles. The zero-order valence-electron chi connectivity index (χ0n) is 14.2. The fourth-order valence-corrected chi connectivity index (χ4v) is 3.11. The van der Waals surface area contributed by atoms with E-state index in [1.807, 2.05) is 48.5 Å². The standard InChI is InChI=1S/C22H15ClN2O2/c23-16-10-11-19(26)15(12-16)13-24-21-20(14-6-2-1-3-7-14)25-18-9-5-4-8-17(18)22(21)27/h1-13,26H,(H,25,27). The smallest absolute Gasteiger partial charge is 0.215 e. The van der Waals surface area contributed by atoms with Gasteiger partial charge in [-0.3, -0.25) is 4.79 Å². The number of phenols is 1. The van der Waals surface area contributed by atoms with Crippen LogP contribution in [0.15, 0.2) is 82.6 Å². The van der Waals surface area contributed by atoms with Crippen molar-refractivity contribution in [3.63, 3.8) is 0 Å². The van der Waals surface area contributed by atoms with Crippen molar-refractivity contribution in [1.29, 1.82) is 0 Å². The Labute approximate surface area is 160 Å². The number of halogens is 1. The number of rotatable bonds is 3. The number of nitrogens with one attached hydrogen (secondary N) is 1. The summed E-state index contributed by atoms with van der Waals surface area (Å²) in [7, 11) is 0. The highest BCUT2D eigenvalue weighted by Crippen LogP contribution is 2.28. The van der Waals surface area contributed by atoms with E-state index in [-0.39, 0.29) is 16.9 Å². The second-order valence-corrected chi connectivity index (χ2v) is 6.49. The minimum absolute atomic E-state index is 0.0432. The summed E-state index contributed by atoms with van der Waals surface area (Å²) in [5, 5.41) is 11.0. The molecule has 0 amide bonds. The molecule has 4 aromatic rings. The quantitative estimate of drug-likeness (QED) is 0.477. The molecule has 0 saturated carbocycles. The van der Waals surface area contributed by atoms with Crippen LogP contribution in [0.1, 0.15) is 5.56 Å². The van der Waals surface area contributed by atoms with E-state index >= 15 is 0 Å². The summed E-state index contributed by atoms with van der Waals surface area (Å²) in [6.45, 7) is 0. The zero-order valence-corrected chi connectivity index (χ0v) is 14.9. The van der Waals surface area contributed by atoms with E-state index in [0.717, 1.165) is 11.1 Å². The predicted molar refractivity (Wildman–Crippen MR) is 110 cm³/mol. The van der Waals surface area contributed by atoms with Crippen LogP contribution in [0.2, 0.25) is 5.02 Å². The molecule has 0 radical (unpaired) electrons. The van der Waals surface area contributed by atoms with Crippen molar-refractivity contribution < 1.29 is 5.11 Å². The van der Waals surface area contributed by atoms with Crippen molar-refractivity contribution >= 4 is 34.4 Å². The van der Waals surface area contributed by atoms with Gasteiger partial charge in [-0.15, -0.1) is 0 Å². The first-order valence-corrected chi connectivity index (χ1v) is 8.74. The third kappa shape index (κ3) is 3.35. The van der Waals surface area contributed by atoms with Crippen LogP contribution in [-0.4, -0.2) is 16.3 Å². The summed E-state index contributed by atoms with van der Waals surface area (Å²) in [6.07, 6.45) is 1.45. The van der Waals surface area contributed by atoms with Gasteiger partial charge < -0.3 is 10.1 Å². The van der Waals surface area contributed by atoms with Gasteiger partial charge in [0.25, 0.3) is 0 Å². The molecule has 0 unspecified atom stereocenters. The number of aromatic amines is 1. The van der Waals surface area contributed by atoms with Crippen molar-refractivity contribution in [2.75, 3.05) is 0 Å². The first-order valence-electron chi connectivity index (χ1n) is 8.36. The second kappa shape index (κ2) is 7.09. The Kier molecular flexibility index (Phi) is 4.48. The molecule has 27 heavy (non-hydrogen) atoms. The molecule has 0 aliphatic rings. The summed E-state index contributed by atoms with van der Waals surface area (Å²) in [5.41, 5.74) is 2.75. The average molecular weight is 375 g/mol. The summed E-state index contributed by atoms with van der Waals surface area (Å²) >= 11 is 5.99. The molecule has 0 fully saturated rings. The van der Waals surface area contributed by atoms with Gasteiger partial charge in [-0.05, 0) is 30.3 Å². The number of hydrogen-bond acceptors (Lipinski definition) is 3. The molecule has 1 aromatic heterocycles. The lowest BCUT2D eigenvalue weighted by molar-refractivity contribution is 0.474. The highest BCUT2D eigenvalue weighted by molar-refractivity contribution is 6.30. The first-order chi connectivity index (χ1) is 13.1. The third-order valence-corrected chi connectivity index (χ3v) is 4.50. The fourth-order valence-electron chi connectivity index (χ4n) is 2.92. The van der Waals surface area contributed by atoms with Crippen LogP contribution in [0.4, 0.5) is 5.69 Å². The maximum absolute atomic E-state index is 13.1. The Morgan fingerprint density at radius 3 is 2.52 bits per heavy atom. The summed E-state index contributed by atoms with van der Waals surface area (Å²) in [5.74, 6) is 0.0432. The number of phenolic OH excluding ortho intramolecular Hbond substituents is 1. The third-order valence-electron chi connectivity index (χ3n) is 4.27. The number of para-hydroxylation sites is 1. The van der Waals surface area contributed by atoms with E-state index in [0.29, 0.717) is 21.7 Å². The molecule has 1 heterocycles. The largest absolute Gasteiger partial charge is 0.507 e. The summed E-state index contributed by atoms with van der Waals surface area (Å²) < 4.78 is 0. The Morgan fingerprint density at radius 2 is 1.70 bits per heavy atom. The van der Waals surface area contributed by atoms with Crippen LogP contribution >= 0.6 is 11.6 Å². The van der Waals surface area contributed by atoms with Gasteiger partial charge in [0.05, 0.1) is 5.69 Å². The average Bonchev–Trinajstić information content (AvgIpc) is 2.70. The van der Waals surface area contributed by atoms with Crippen molar-refractivity contribution in [3.8, 4) is 17.0 Å². The van der Waals surface area contributed by atoms with Crippen molar-refractivity contribution in [2.24, 2.45) is 4.99 Å². The lowest BCUT2D eigenvalue weighted by Crippen LogP contribution is -2.05. The van der Waals surface area contributed by atoms with Crippen LogP contribution in [0.25, 0.3) is 22.2 Å². The second-order valence-electron chi connectivity index (χ2n) is 6.05. The molecule has 0 aliphatic carbocycles. The van der Waals surface area contributed by atoms with Crippen LogP contribution in [0.5, 0.6) is 5.75 Å². The molecule has 4 rings (SSSR count). The summed E-state index contributed by atoms with van der Waals surface area (Å²) in [6, 6.07) is 21.5. The Bertz CT molecular complexity index is 1210. The molecular weight excluding hydrogens is 360 g/mol. The topological polar surface area (TPSA) is 65.4 Å².